The molecule has 5 rings (SSSR count). The number of aromatic nitrogens is 3. The number of carbonyl (C=O) groups is 2. The highest BCUT2D eigenvalue weighted by atomic mass is 35.5. The van der Waals surface area contributed by atoms with Crippen LogP contribution >= 0.6 is 23.4 Å². The van der Waals surface area contributed by atoms with E-state index < -0.39 is 11.9 Å². The fourth-order valence-corrected chi connectivity index (χ4v) is 5.93. The molecule has 1 saturated heterocycles. The number of piperidine rings is 1. The number of pyridine rings is 1. The van der Waals surface area contributed by atoms with Crippen LogP contribution in [0.2, 0.25) is 5.02 Å². The smallest absolute Gasteiger partial charge is 0.303 e. The minimum absolute atomic E-state index is 0.222. The van der Waals surface area contributed by atoms with Crippen LogP contribution in [0.4, 0.5) is 17.5 Å². The molecule has 1 saturated carbocycles. The van der Waals surface area contributed by atoms with Gasteiger partial charge in [-0.1, -0.05) is 35.0 Å². The second-order valence-corrected chi connectivity index (χ2v) is 11.2. The van der Waals surface area contributed by atoms with Gasteiger partial charge in [-0.05, 0) is 49.5 Å². The molecule has 0 radical (unpaired) electrons. The quantitative estimate of drug-likeness (QED) is 0.309. The first-order valence-electron chi connectivity index (χ1n) is 12.4. The van der Waals surface area contributed by atoms with Crippen LogP contribution in [-0.2, 0) is 9.59 Å². The third-order valence-corrected chi connectivity index (χ3v) is 8.86. The molecule has 2 aromatic heterocycles. The maximum absolute atomic E-state index is 9.64. The van der Waals surface area contributed by atoms with Crippen LogP contribution in [0.15, 0.2) is 40.0 Å². The van der Waals surface area contributed by atoms with E-state index in [-0.39, 0.29) is 30.1 Å². The standard InChI is InChI=1S/C21H26ClN7S.C4H6O4/c22-16-14(4-8-26-18(16)24)30-20-19(25)28-15(11-27-20)29-9-6-21(7-10-29)5-3-13(17(21)23)12-1-2-12;5-3(6)1-2-4(7)8/h3-4,8,11-12,17H,1-2,5-7,9-10,23H2,(H2,24,26)(H2,25,28);1-2H2,(H,5,6)(H,7,8)/t17-;/m1./s1. The number of carboxylic acid groups (broad SMARTS) is 2. The maximum Gasteiger partial charge on any atom is 0.303 e. The molecule has 38 heavy (non-hydrogen) atoms. The molecule has 11 nitrogen and oxygen atoms in total. The van der Waals surface area contributed by atoms with Crippen LogP contribution in [0.5, 0.6) is 0 Å². The molecule has 0 bridgehead atoms. The largest absolute Gasteiger partial charge is 0.481 e. The molecule has 1 aliphatic heterocycles. The van der Waals surface area contributed by atoms with Crippen LogP contribution in [0.1, 0.15) is 44.9 Å². The average Bonchev–Trinajstić information content (AvgIpc) is 3.68. The predicted molar refractivity (Wildman–Crippen MR) is 146 cm³/mol. The monoisotopic (exact) mass is 561 g/mol. The van der Waals surface area contributed by atoms with E-state index in [9.17, 15) is 9.59 Å². The minimum Gasteiger partial charge on any atom is -0.481 e. The molecule has 8 N–H and O–H groups in total. The SMILES string of the molecule is Nc1nc(N2CCC3(CC=C(C4CC4)[C@H]3N)CC2)cnc1Sc1ccnc(N)c1Cl.O=C(O)CCC(=O)O. The van der Waals surface area contributed by atoms with E-state index in [0.717, 1.165) is 49.0 Å². The van der Waals surface area contributed by atoms with Crippen molar-refractivity contribution in [1.29, 1.82) is 0 Å². The number of hydrogen-bond acceptors (Lipinski definition) is 10. The van der Waals surface area contributed by atoms with Crippen molar-refractivity contribution < 1.29 is 19.8 Å². The Morgan fingerprint density at radius 3 is 2.34 bits per heavy atom. The third kappa shape index (κ3) is 6.48. The van der Waals surface area contributed by atoms with Crippen LogP contribution < -0.4 is 22.1 Å². The molecular formula is C25H32ClN7O4S. The van der Waals surface area contributed by atoms with Gasteiger partial charge in [0.05, 0.1) is 24.1 Å². The van der Waals surface area contributed by atoms with Gasteiger partial charge in [-0.25, -0.2) is 15.0 Å². The highest BCUT2D eigenvalue weighted by Crippen LogP contribution is 2.51. The predicted octanol–water partition coefficient (Wildman–Crippen LogP) is 3.43. The zero-order chi connectivity index (χ0) is 27.4. The van der Waals surface area contributed by atoms with Gasteiger partial charge in [0.15, 0.2) is 5.82 Å². The van der Waals surface area contributed by atoms with Crippen LogP contribution in [0.25, 0.3) is 0 Å². The van der Waals surface area contributed by atoms with Crippen molar-refractivity contribution >= 4 is 52.8 Å². The summed E-state index contributed by atoms with van der Waals surface area (Å²) in [6.07, 6.45) is 11.1. The second-order valence-electron chi connectivity index (χ2n) is 9.83. The Morgan fingerprint density at radius 2 is 1.76 bits per heavy atom. The number of nitrogens with two attached hydrogens (primary N) is 3. The number of rotatable bonds is 7. The Hall–Kier alpha value is -3.09. The summed E-state index contributed by atoms with van der Waals surface area (Å²) >= 11 is 7.58. The average molecular weight is 562 g/mol. The Balaban J connectivity index is 0.000000368. The number of halogens is 1. The number of hydrogen-bond donors (Lipinski definition) is 5. The van der Waals surface area contributed by atoms with E-state index in [0.29, 0.717) is 15.9 Å². The summed E-state index contributed by atoms with van der Waals surface area (Å²) in [6.45, 7) is 1.85. The normalized spacial score (nSPS) is 20.0. The van der Waals surface area contributed by atoms with Crippen molar-refractivity contribution in [2.75, 3.05) is 29.5 Å². The summed E-state index contributed by atoms with van der Waals surface area (Å²) in [6, 6.07) is 2.01. The molecule has 3 aliphatic rings. The molecule has 3 heterocycles. The van der Waals surface area contributed by atoms with E-state index in [1.807, 2.05) is 0 Å². The number of anilines is 3. The van der Waals surface area contributed by atoms with Crippen molar-refractivity contribution in [3.05, 3.63) is 35.1 Å². The van der Waals surface area contributed by atoms with Crippen LogP contribution in [-0.4, -0.2) is 56.2 Å². The number of nitrogens with zero attached hydrogens (tertiary/aromatic N) is 4. The van der Waals surface area contributed by atoms with Crippen molar-refractivity contribution in [3.8, 4) is 0 Å². The van der Waals surface area contributed by atoms with E-state index in [2.05, 4.69) is 25.9 Å². The van der Waals surface area contributed by atoms with Crippen molar-refractivity contribution in [2.24, 2.45) is 17.1 Å². The van der Waals surface area contributed by atoms with Gasteiger partial charge in [-0.3, -0.25) is 9.59 Å². The van der Waals surface area contributed by atoms with Gasteiger partial charge in [0.1, 0.15) is 16.7 Å². The van der Waals surface area contributed by atoms with Gasteiger partial charge >= 0.3 is 11.9 Å². The first-order chi connectivity index (χ1) is 18.1. The summed E-state index contributed by atoms with van der Waals surface area (Å²) in [5, 5.41) is 16.8. The first kappa shape index (κ1) is 27.9. The molecular weight excluding hydrogens is 530 g/mol. The number of allylic oxidation sites excluding steroid dienone is 1. The molecule has 1 atom stereocenters. The highest BCUT2D eigenvalue weighted by Gasteiger charge is 2.47. The molecule has 13 heteroatoms. The fourth-order valence-electron chi connectivity index (χ4n) is 4.91. The zero-order valence-corrected chi connectivity index (χ0v) is 22.4. The van der Waals surface area contributed by atoms with Gasteiger partial charge < -0.3 is 32.3 Å². The summed E-state index contributed by atoms with van der Waals surface area (Å²) < 4.78 is 0. The summed E-state index contributed by atoms with van der Waals surface area (Å²) in [7, 11) is 0. The second kappa shape index (κ2) is 11.7. The van der Waals surface area contributed by atoms with Gasteiger partial charge in [0, 0.05) is 30.2 Å². The Labute approximate surface area is 229 Å². The summed E-state index contributed by atoms with van der Waals surface area (Å²) in [5.74, 6) is 0.0992. The van der Waals surface area contributed by atoms with Crippen LogP contribution in [0, 0.1) is 11.3 Å². The van der Waals surface area contributed by atoms with Crippen LogP contribution in [0.3, 0.4) is 0 Å². The zero-order valence-electron chi connectivity index (χ0n) is 20.8. The van der Waals surface area contributed by atoms with Crippen molar-refractivity contribution in [3.63, 3.8) is 0 Å². The summed E-state index contributed by atoms with van der Waals surface area (Å²) in [4.78, 5) is 35.4. The number of nitrogen functional groups attached to an aromatic ring is 2. The lowest BCUT2D eigenvalue weighted by Crippen LogP contribution is -2.48. The maximum atomic E-state index is 9.64. The van der Waals surface area contributed by atoms with E-state index in [1.54, 1.807) is 18.5 Å². The van der Waals surface area contributed by atoms with E-state index in [1.165, 1.54) is 30.2 Å². The van der Waals surface area contributed by atoms with E-state index >= 15 is 0 Å². The summed E-state index contributed by atoms with van der Waals surface area (Å²) in [5.41, 5.74) is 20.4. The lowest BCUT2D eigenvalue weighted by molar-refractivity contribution is -0.143. The van der Waals surface area contributed by atoms with Crippen molar-refractivity contribution in [1.82, 2.24) is 15.0 Å². The van der Waals surface area contributed by atoms with Gasteiger partial charge in [-0.15, -0.1) is 0 Å². The molecule has 0 unspecified atom stereocenters. The molecule has 2 fully saturated rings. The highest BCUT2D eigenvalue weighted by molar-refractivity contribution is 7.99. The van der Waals surface area contributed by atoms with Gasteiger partial charge in [0.2, 0.25) is 0 Å². The fraction of sp³-hybridized carbons (Fsp3) is 0.480. The number of carboxylic acids is 2. The molecule has 0 aromatic carbocycles. The Kier molecular flexibility index (Phi) is 8.64. The third-order valence-electron chi connectivity index (χ3n) is 7.29. The van der Waals surface area contributed by atoms with Gasteiger partial charge in [0.25, 0.3) is 0 Å². The van der Waals surface area contributed by atoms with Gasteiger partial charge in [-0.2, -0.15) is 0 Å². The molecule has 204 valence electrons. The lowest BCUT2D eigenvalue weighted by Gasteiger charge is -2.43. The molecule has 1 spiro atoms. The minimum atomic E-state index is -1.08. The molecule has 2 aliphatic carbocycles. The Morgan fingerprint density at radius 1 is 1.11 bits per heavy atom. The lowest BCUT2D eigenvalue weighted by atomic mass is 9.72. The van der Waals surface area contributed by atoms with E-state index in [4.69, 9.17) is 39.0 Å². The Bertz CT molecular complexity index is 1220. The first-order valence-corrected chi connectivity index (χ1v) is 13.6. The molecule has 2 aromatic rings. The number of aliphatic carboxylic acids is 2. The topological polar surface area (TPSA) is 195 Å². The van der Waals surface area contributed by atoms with Crippen molar-refractivity contribution in [2.45, 2.75) is 60.9 Å². The molecule has 0 amide bonds.